The summed E-state index contributed by atoms with van der Waals surface area (Å²) in [6.07, 6.45) is 7.28. The molecule has 2 aliphatic carbocycles. The summed E-state index contributed by atoms with van der Waals surface area (Å²) in [4.78, 5) is 27.7. The second-order valence-corrected chi connectivity index (χ2v) is 6.68. The van der Waals surface area contributed by atoms with Gasteiger partial charge in [-0.25, -0.2) is 4.79 Å². The second-order valence-electron chi connectivity index (χ2n) is 6.68. The van der Waals surface area contributed by atoms with E-state index in [0.717, 1.165) is 38.6 Å². The highest BCUT2D eigenvalue weighted by Crippen LogP contribution is 2.37. The highest BCUT2D eigenvalue weighted by Gasteiger charge is 2.42. The van der Waals surface area contributed by atoms with Gasteiger partial charge in [-0.1, -0.05) is 19.3 Å². The number of hydrogen-bond acceptors (Lipinski definition) is 2. The number of carbonyl (C=O) groups excluding carboxylic acids is 1. The van der Waals surface area contributed by atoms with Crippen molar-refractivity contribution in [3.05, 3.63) is 0 Å². The first-order chi connectivity index (χ1) is 9.98. The molecule has 0 unspecified atom stereocenters. The van der Waals surface area contributed by atoms with Crippen molar-refractivity contribution >= 4 is 12.0 Å². The number of nitrogens with zero attached hydrogens (tertiary/aromatic N) is 2. The van der Waals surface area contributed by atoms with Gasteiger partial charge in [0, 0.05) is 20.1 Å². The van der Waals surface area contributed by atoms with Gasteiger partial charge in [-0.3, -0.25) is 4.79 Å². The minimum atomic E-state index is -0.804. The van der Waals surface area contributed by atoms with Crippen molar-refractivity contribution in [1.29, 1.82) is 0 Å². The van der Waals surface area contributed by atoms with E-state index >= 15 is 0 Å². The van der Waals surface area contributed by atoms with Crippen LogP contribution in [0.4, 0.5) is 4.79 Å². The van der Waals surface area contributed by atoms with Crippen LogP contribution >= 0.6 is 0 Å². The molecule has 0 bridgehead atoms. The van der Waals surface area contributed by atoms with Crippen molar-refractivity contribution < 1.29 is 14.7 Å². The first-order valence-corrected chi connectivity index (χ1v) is 8.23. The van der Waals surface area contributed by atoms with Gasteiger partial charge in [0.25, 0.3) is 0 Å². The Morgan fingerprint density at radius 3 is 2.29 bits per heavy atom. The number of carbonyl (C=O) groups is 2. The Labute approximate surface area is 127 Å². The Kier molecular flexibility index (Phi) is 5.12. The zero-order valence-corrected chi connectivity index (χ0v) is 13.3. The molecule has 0 spiro atoms. The predicted molar refractivity (Wildman–Crippen MR) is 81.2 cm³/mol. The minimum absolute atomic E-state index is 0.00699. The van der Waals surface area contributed by atoms with Gasteiger partial charge < -0.3 is 14.9 Å². The van der Waals surface area contributed by atoms with Gasteiger partial charge in [-0.15, -0.1) is 0 Å². The van der Waals surface area contributed by atoms with E-state index in [-0.39, 0.29) is 12.5 Å². The molecule has 0 heterocycles. The second kappa shape index (κ2) is 6.67. The fraction of sp³-hybridized carbons (Fsp3) is 0.875. The molecule has 2 saturated carbocycles. The van der Waals surface area contributed by atoms with E-state index in [9.17, 15) is 14.7 Å². The number of amides is 2. The summed E-state index contributed by atoms with van der Waals surface area (Å²) in [6, 6.07) is 0.00699. The van der Waals surface area contributed by atoms with Crippen LogP contribution in [0.25, 0.3) is 0 Å². The van der Waals surface area contributed by atoms with Crippen LogP contribution in [-0.2, 0) is 4.79 Å². The van der Waals surface area contributed by atoms with E-state index in [2.05, 4.69) is 0 Å². The van der Waals surface area contributed by atoms with Crippen LogP contribution < -0.4 is 0 Å². The standard InChI is InChI=1S/C16H28N2O3/c1-3-18(12-13-7-8-13)15(21)17(2)16(11-14(19)20)9-5-4-6-10-16/h13H,3-12H2,1-2H3,(H,19,20). The molecule has 120 valence electrons. The monoisotopic (exact) mass is 296 g/mol. The number of carboxylic acids is 1. The third-order valence-electron chi connectivity index (χ3n) is 5.09. The van der Waals surface area contributed by atoms with Crippen molar-refractivity contribution in [2.24, 2.45) is 5.92 Å². The van der Waals surface area contributed by atoms with E-state index in [4.69, 9.17) is 0 Å². The first kappa shape index (κ1) is 16.1. The SMILES string of the molecule is CCN(CC1CC1)C(=O)N(C)C1(CC(=O)O)CCCCC1. The maximum absolute atomic E-state index is 12.8. The summed E-state index contributed by atoms with van der Waals surface area (Å²) >= 11 is 0. The van der Waals surface area contributed by atoms with E-state index in [0.29, 0.717) is 12.5 Å². The van der Waals surface area contributed by atoms with Crippen LogP contribution in [0.15, 0.2) is 0 Å². The molecule has 0 atom stereocenters. The fourth-order valence-corrected chi connectivity index (χ4v) is 3.49. The maximum Gasteiger partial charge on any atom is 0.320 e. The van der Waals surface area contributed by atoms with Crippen LogP contribution in [0.2, 0.25) is 0 Å². The number of urea groups is 1. The molecule has 0 aromatic heterocycles. The molecule has 0 aromatic carbocycles. The Morgan fingerprint density at radius 2 is 1.81 bits per heavy atom. The molecule has 5 heteroatoms. The van der Waals surface area contributed by atoms with Gasteiger partial charge in [0.05, 0.1) is 12.0 Å². The summed E-state index contributed by atoms with van der Waals surface area (Å²) < 4.78 is 0. The van der Waals surface area contributed by atoms with Gasteiger partial charge in [0.15, 0.2) is 0 Å². The van der Waals surface area contributed by atoms with Gasteiger partial charge in [0.1, 0.15) is 0 Å². The molecule has 2 rings (SSSR count). The predicted octanol–water partition coefficient (Wildman–Crippen LogP) is 2.95. The van der Waals surface area contributed by atoms with E-state index in [1.807, 2.05) is 11.8 Å². The van der Waals surface area contributed by atoms with Crippen molar-refractivity contribution in [3.63, 3.8) is 0 Å². The molecule has 0 saturated heterocycles. The number of hydrogen-bond donors (Lipinski definition) is 1. The number of aliphatic carboxylic acids is 1. The van der Waals surface area contributed by atoms with Crippen LogP contribution in [-0.4, -0.2) is 52.6 Å². The minimum Gasteiger partial charge on any atom is -0.481 e. The molecule has 2 aliphatic rings. The number of carboxylic acid groups (broad SMARTS) is 1. The Bertz CT molecular complexity index is 387. The van der Waals surface area contributed by atoms with Crippen molar-refractivity contribution in [1.82, 2.24) is 9.80 Å². The molecule has 2 fully saturated rings. The Morgan fingerprint density at radius 1 is 1.19 bits per heavy atom. The average molecular weight is 296 g/mol. The quantitative estimate of drug-likeness (QED) is 0.819. The van der Waals surface area contributed by atoms with Crippen molar-refractivity contribution in [3.8, 4) is 0 Å². The molecule has 21 heavy (non-hydrogen) atoms. The molecule has 0 aliphatic heterocycles. The van der Waals surface area contributed by atoms with Gasteiger partial charge >= 0.3 is 12.0 Å². The lowest BCUT2D eigenvalue weighted by Gasteiger charge is -2.45. The number of rotatable bonds is 6. The highest BCUT2D eigenvalue weighted by molar-refractivity contribution is 5.77. The van der Waals surface area contributed by atoms with Crippen LogP contribution in [0.3, 0.4) is 0 Å². The van der Waals surface area contributed by atoms with E-state index in [1.165, 1.54) is 12.8 Å². The summed E-state index contributed by atoms with van der Waals surface area (Å²) in [5, 5.41) is 9.26. The Balaban J connectivity index is 2.09. The molecule has 0 aromatic rings. The lowest BCUT2D eigenvalue weighted by molar-refractivity contribution is -0.140. The maximum atomic E-state index is 12.8. The van der Waals surface area contributed by atoms with Gasteiger partial charge in [-0.2, -0.15) is 0 Å². The molecular weight excluding hydrogens is 268 g/mol. The summed E-state index contributed by atoms with van der Waals surface area (Å²) in [5.74, 6) is -0.147. The summed E-state index contributed by atoms with van der Waals surface area (Å²) in [5.41, 5.74) is -0.488. The van der Waals surface area contributed by atoms with E-state index < -0.39 is 11.5 Å². The lowest BCUT2D eigenvalue weighted by atomic mass is 9.78. The van der Waals surface area contributed by atoms with Crippen molar-refractivity contribution in [2.45, 2.75) is 63.8 Å². The Hall–Kier alpha value is -1.26. The third-order valence-corrected chi connectivity index (χ3v) is 5.09. The molecule has 0 radical (unpaired) electrons. The molecule has 2 amide bonds. The normalized spacial score (nSPS) is 20.9. The molecule has 1 N–H and O–H groups in total. The third kappa shape index (κ3) is 3.89. The van der Waals surface area contributed by atoms with Crippen LogP contribution in [0, 0.1) is 5.92 Å². The van der Waals surface area contributed by atoms with Gasteiger partial charge in [-0.05, 0) is 38.5 Å². The topological polar surface area (TPSA) is 60.9 Å². The van der Waals surface area contributed by atoms with Gasteiger partial charge in [0.2, 0.25) is 0 Å². The molecular formula is C16H28N2O3. The lowest BCUT2D eigenvalue weighted by Crippen LogP contribution is -2.56. The highest BCUT2D eigenvalue weighted by atomic mass is 16.4. The largest absolute Gasteiger partial charge is 0.481 e. The van der Waals surface area contributed by atoms with Crippen LogP contribution in [0.5, 0.6) is 0 Å². The zero-order chi connectivity index (χ0) is 15.5. The van der Waals surface area contributed by atoms with Crippen LogP contribution in [0.1, 0.15) is 58.3 Å². The zero-order valence-electron chi connectivity index (χ0n) is 13.3. The summed E-state index contributed by atoms with van der Waals surface area (Å²) in [7, 11) is 1.80. The molecule has 5 nitrogen and oxygen atoms in total. The van der Waals surface area contributed by atoms with E-state index in [1.54, 1.807) is 11.9 Å². The summed E-state index contributed by atoms with van der Waals surface area (Å²) in [6.45, 7) is 3.52. The first-order valence-electron chi connectivity index (χ1n) is 8.23. The average Bonchev–Trinajstić information content (AvgIpc) is 3.27. The fourth-order valence-electron chi connectivity index (χ4n) is 3.49. The smallest absolute Gasteiger partial charge is 0.320 e. The van der Waals surface area contributed by atoms with Crippen molar-refractivity contribution in [2.75, 3.05) is 20.1 Å².